The van der Waals surface area contributed by atoms with Gasteiger partial charge in [0.2, 0.25) is 11.8 Å². The van der Waals surface area contributed by atoms with Gasteiger partial charge in [-0.15, -0.1) is 0 Å². The van der Waals surface area contributed by atoms with E-state index in [2.05, 4.69) is 5.32 Å². The second kappa shape index (κ2) is 5.08. The molecule has 0 radical (unpaired) electrons. The fraction of sp³-hybridized carbons (Fsp3) is 0.385. The largest absolute Gasteiger partial charge is 0.466 e. The Kier molecular flexibility index (Phi) is 3.50. The number of hydrogen-bond donors (Lipinski definition) is 1. The van der Waals surface area contributed by atoms with E-state index >= 15 is 0 Å². The van der Waals surface area contributed by atoms with E-state index in [1.807, 2.05) is 6.08 Å². The summed E-state index contributed by atoms with van der Waals surface area (Å²) < 4.78 is 10.3. The van der Waals surface area contributed by atoms with Crippen LogP contribution in [0.5, 0.6) is 0 Å². The topological polar surface area (TPSA) is 64.6 Å². The predicted octanol–water partition coefficient (Wildman–Crippen LogP) is 1.39. The van der Waals surface area contributed by atoms with Crippen LogP contribution in [0.25, 0.3) is 0 Å². The Hall–Kier alpha value is -2.04. The molecule has 0 aromatic heterocycles. The van der Waals surface area contributed by atoms with Crippen molar-refractivity contribution >= 4 is 11.9 Å². The van der Waals surface area contributed by atoms with Gasteiger partial charge in [-0.3, -0.25) is 14.9 Å². The number of fused-ring (bicyclic) bond motifs is 1. The first-order valence-corrected chi connectivity index (χ1v) is 5.84. The highest BCUT2D eigenvalue weighted by Gasteiger charge is 2.31. The van der Waals surface area contributed by atoms with Crippen molar-refractivity contribution in [2.24, 2.45) is 5.92 Å². The molecule has 0 fully saturated rings. The van der Waals surface area contributed by atoms with Gasteiger partial charge in [0, 0.05) is 12.5 Å². The van der Waals surface area contributed by atoms with Crippen molar-refractivity contribution in [2.75, 3.05) is 6.61 Å². The number of carbonyl (C=O) groups excluding carboxylic acids is 2. The van der Waals surface area contributed by atoms with E-state index in [1.54, 1.807) is 13.0 Å². The monoisotopic (exact) mass is 249 g/mol. The van der Waals surface area contributed by atoms with Crippen LogP contribution in [0.15, 0.2) is 35.4 Å². The molecule has 0 saturated carbocycles. The lowest BCUT2D eigenvalue weighted by Crippen LogP contribution is -2.23. The van der Waals surface area contributed by atoms with Gasteiger partial charge in [0.25, 0.3) is 0 Å². The van der Waals surface area contributed by atoms with Crippen LogP contribution >= 0.6 is 0 Å². The van der Waals surface area contributed by atoms with Gasteiger partial charge in [-0.2, -0.15) is 0 Å². The van der Waals surface area contributed by atoms with Gasteiger partial charge < -0.3 is 9.47 Å². The van der Waals surface area contributed by atoms with Gasteiger partial charge in [-0.1, -0.05) is 6.08 Å². The van der Waals surface area contributed by atoms with Gasteiger partial charge in [-0.05, 0) is 25.0 Å². The number of esters is 1. The van der Waals surface area contributed by atoms with E-state index in [0.29, 0.717) is 18.9 Å². The van der Waals surface area contributed by atoms with Crippen molar-refractivity contribution in [1.29, 1.82) is 0 Å². The minimum atomic E-state index is -0.301. The summed E-state index contributed by atoms with van der Waals surface area (Å²) in [4.78, 5) is 22.7. The van der Waals surface area contributed by atoms with E-state index in [-0.39, 0.29) is 17.8 Å². The van der Waals surface area contributed by atoms with E-state index in [4.69, 9.17) is 9.47 Å². The van der Waals surface area contributed by atoms with Crippen LogP contribution < -0.4 is 5.32 Å². The van der Waals surface area contributed by atoms with Gasteiger partial charge in [0.05, 0.1) is 18.8 Å². The molecule has 0 spiro atoms. The molecule has 96 valence electrons. The van der Waals surface area contributed by atoms with Crippen LogP contribution in [-0.4, -0.2) is 18.5 Å². The Bertz CT molecular complexity index is 473. The fourth-order valence-corrected chi connectivity index (χ4v) is 2.01. The third kappa shape index (κ3) is 2.45. The molecule has 1 aliphatic heterocycles. The zero-order chi connectivity index (χ0) is 13.1. The molecule has 2 aliphatic rings. The van der Waals surface area contributed by atoms with E-state index in [0.717, 1.165) is 11.1 Å². The Morgan fingerprint density at radius 3 is 3.00 bits per heavy atom. The van der Waals surface area contributed by atoms with Crippen molar-refractivity contribution in [1.82, 2.24) is 5.32 Å². The molecule has 1 atom stereocenters. The smallest absolute Gasteiger partial charge is 0.313 e. The lowest BCUT2D eigenvalue weighted by Gasteiger charge is -2.15. The molecule has 2 rings (SSSR count). The lowest BCUT2D eigenvalue weighted by atomic mass is 10.1. The van der Waals surface area contributed by atoms with Crippen molar-refractivity contribution in [2.45, 2.75) is 20.3 Å². The summed E-state index contributed by atoms with van der Waals surface area (Å²) in [5.41, 5.74) is 1.74. The number of hydrogen-bond acceptors (Lipinski definition) is 4. The average molecular weight is 249 g/mol. The molecule has 5 heteroatoms. The van der Waals surface area contributed by atoms with Crippen molar-refractivity contribution in [3.05, 3.63) is 35.4 Å². The van der Waals surface area contributed by atoms with Crippen molar-refractivity contribution in [3.63, 3.8) is 0 Å². The first-order valence-electron chi connectivity index (χ1n) is 5.84. The third-order valence-electron chi connectivity index (χ3n) is 2.74. The Morgan fingerprint density at radius 2 is 2.33 bits per heavy atom. The summed E-state index contributed by atoms with van der Waals surface area (Å²) in [5, 5.41) is 2.62. The normalized spacial score (nSPS) is 21.0. The number of allylic oxidation sites excluding steroid dienone is 3. The molecule has 18 heavy (non-hydrogen) atoms. The molecule has 1 unspecified atom stereocenters. The lowest BCUT2D eigenvalue weighted by molar-refractivity contribution is -0.146. The molecule has 0 saturated heterocycles. The minimum Gasteiger partial charge on any atom is -0.466 e. The molecule has 0 aromatic rings. The van der Waals surface area contributed by atoms with Crippen LogP contribution in [0.2, 0.25) is 0 Å². The summed E-state index contributed by atoms with van der Waals surface area (Å²) in [6, 6.07) is 0. The van der Waals surface area contributed by atoms with Crippen LogP contribution in [0.3, 0.4) is 0 Å². The number of rotatable bonds is 3. The molecule has 5 nitrogen and oxygen atoms in total. The van der Waals surface area contributed by atoms with Crippen molar-refractivity contribution in [3.8, 4) is 0 Å². The molecule has 0 bridgehead atoms. The highest BCUT2D eigenvalue weighted by atomic mass is 16.5. The highest BCUT2D eigenvalue weighted by molar-refractivity contribution is 5.79. The summed E-state index contributed by atoms with van der Waals surface area (Å²) in [7, 11) is 0. The van der Waals surface area contributed by atoms with Crippen LogP contribution in [0.4, 0.5) is 0 Å². The average Bonchev–Trinajstić information content (AvgIpc) is 2.73. The number of carbonyl (C=O) groups is 2. The van der Waals surface area contributed by atoms with E-state index in [1.165, 1.54) is 13.2 Å². The van der Waals surface area contributed by atoms with Gasteiger partial charge >= 0.3 is 5.97 Å². The molecule has 1 heterocycles. The Balaban J connectivity index is 2.19. The van der Waals surface area contributed by atoms with E-state index in [9.17, 15) is 9.59 Å². The SMILES string of the molecule is CCOC(=O)C1C=C2C=COC(NC(C)=O)=C2C1. The maximum atomic E-state index is 11.7. The van der Waals surface area contributed by atoms with Gasteiger partial charge in [-0.25, -0.2) is 0 Å². The molecule has 1 aliphatic carbocycles. The Labute approximate surface area is 105 Å². The van der Waals surface area contributed by atoms with Crippen LogP contribution in [0, 0.1) is 5.92 Å². The molecule has 1 N–H and O–H groups in total. The summed E-state index contributed by atoms with van der Waals surface area (Å²) >= 11 is 0. The quantitative estimate of drug-likeness (QED) is 0.768. The third-order valence-corrected chi connectivity index (χ3v) is 2.74. The maximum absolute atomic E-state index is 11.7. The van der Waals surface area contributed by atoms with Crippen LogP contribution in [0.1, 0.15) is 20.3 Å². The zero-order valence-electron chi connectivity index (χ0n) is 10.4. The second-order valence-corrected chi connectivity index (χ2v) is 4.09. The summed E-state index contributed by atoms with van der Waals surface area (Å²) in [5.74, 6) is -0.345. The summed E-state index contributed by atoms with van der Waals surface area (Å²) in [6.45, 7) is 3.55. The minimum absolute atomic E-state index is 0.202. The highest BCUT2D eigenvalue weighted by Crippen LogP contribution is 2.35. The van der Waals surface area contributed by atoms with Gasteiger partial charge in [0.15, 0.2) is 0 Å². The predicted molar refractivity (Wildman–Crippen MR) is 63.9 cm³/mol. The number of ether oxygens (including phenoxy) is 2. The molecular formula is C13H15NO4. The fourth-order valence-electron chi connectivity index (χ4n) is 2.01. The number of amides is 1. The van der Waals surface area contributed by atoms with Crippen molar-refractivity contribution < 1.29 is 19.1 Å². The molecule has 1 amide bonds. The first-order chi connectivity index (χ1) is 8.61. The summed E-state index contributed by atoms with van der Waals surface area (Å²) in [6.07, 6.45) is 5.61. The van der Waals surface area contributed by atoms with Crippen LogP contribution in [-0.2, 0) is 19.1 Å². The molecular weight excluding hydrogens is 234 g/mol. The maximum Gasteiger partial charge on any atom is 0.313 e. The number of nitrogens with one attached hydrogen (secondary N) is 1. The molecule has 0 aromatic carbocycles. The second-order valence-electron chi connectivity index (χ2n) is 4.09. The van der Waals surface area contributed by atoms with E-state index < -0.39 is 0 Å². The zero-order valence-corrected chi connectivity index (χ0v) is 10.4. The van der Waals surface area contributed by atoms with Gasteiger partial charge in [0.1, 0.15) is 0 Å². The first kappa shape index (κ1) is 12.4. The Morgan fingerprint density at radius 1 is 1.56 bits per heavy atom. The standard InChI is InChI=1S/C13H15NO4/c1-3-17-13(16)10-6-9-4-5-18-12(11(9)7-10)14-8(2)15/h4-6,10H,3,7H2,1-2H3,(H,14,15).